The SMILES string of the molecule is Cc1nc(-c2cccs2)sc1C(=O)NCC(CC(C)C)C(=O)O. The van der Waals surface area contributed by atoms with Gasteiger partial charge in [0.1, 0.15) is 9.88 Å². The van der Waals surface area contributed by atoms with Crippen molar-refractivity contribution in [1.82, 2.24) is 10.3 Å². The van der Waals surface area contributed by atoms with Crippen molar-refractivity contribution in [3.63, 3.8) is 0 Å². The predicted octanol–water partition coefficient (Wildman–Crippen LogP) is 3.66. The van der Waals surface area contributed by atoms with E-state index in [0.29, 0.717) is 17.0 Å². The van der Waals surface area contributed by atoms with Crippen molar-refractivity contribution in [2.45, 2.75) is 27.2 Å². The van der Waals surface area contributed by atoms with E-state index in [0.717, 1.165) is 9.88 Å². The zero-order chi connectivity index (χ0) is 17.0. The molecule has 1 amide bonds. The summed E-state index contributed by atoms with van der Waals surface area (Å²) in [6.07, 6.45) is 0.539. The number of nitrogens with one attached hydrogen (secondary N) is 1. The van der Waals surface area contributed by atoms with Crippen LogP contribution in [0, 0.1) is 18.8 Å². The molecular weight excluding hydrogens is 332 g/mol. The van der Waals surface area contributed by atoms with Gasteiger partial charge in [-0.05, 0) is 30.7 Å². The van der Waals surface area contributed by atoms with Crippen molar-refractivity contribution < 1.29 is 14.7 Å². The van der Waals surface area contributed by atoms with Gasteiger partial charge >= 0.3 is 5.97 Å². The summed E-state index contributed by atoms with van der Waals surface area (Å²) < 4.78 is 0. The predicted molar refractivity (Wildman–Crippen MR) is 93.1 cm³/mol. The standard InChI is InChI=1S/C16H20N2O3S2/c1-9(2)7-11(16(20)21)8-17-14(19)13-10(3)18-15(23-13)12-5-4-6-22-12/h4-6,9,11H,7-8H2,1-3H3,(H,17,19)(H,20,21). The molecule has 0 spiro atoms. The molecular formula is C16H20N2O3S2. The minimum atomic E-state index is -0.876. The van der Waals surface area contributed by atoms with Gasteiger partial charge in [-0.3, -0.25) is 9.59 Å². The topological polar surface area (TPSA) is 79.3 Å². The molecule has 2 aromatic heterocycles. The van der Waals surface area contributed by atoms with Crippen molar-refractivity contribution in [2.75, 3.05) is 6.54 Å². The number of aromatic nitrogens is 1. The number of carbonyl (C=O) groups is 2. The van der Waals surface area contributed by atoms with Crippen molar-refractivity contribution >= 4 is 34.6 Å². The van der Waals surface area contributed by atoms with Crippen LogP contribution in [0.3, 0.4) is 0 Å². The number of carboxylic acids is 1. The minimum Gasteiger partial charge on any atom is -0.481 e. The molecule has 5 nitrogen and oxygen atoms in total. The van der Waals surface area contributed by atoms with E-state index in [1.165, 1.54) is 11.3 Å². The lowest BCUT2D eigenvalue weighted by Gasteiger charge is -2.15. The molecule has 2 rings (SSSR count). The Morgan fingerprint density at radius 1 is 1.39 bits per heavy atom. The summed E-state index contributed by atoms with van der Waals surface area (Å²) in [5.41, 5.74) is 0.673. The third kappa shape index (κ3) is 4.62. The van der Waals surface area contributed by atoms with Gasteiger partial charge in [0.15, 0.2) is 0 Å². The maximum absolute atomic E-state index is 12.3. The molecule has 0 bridgehead atoms. The first-order valence-electron chi connectivity index (χ1n) is 7.40. The lowest BCUT2D eigenvalue weighted by Crippen LogP contribution is -2.33. The highest BCUT2D eigenvalue weighted by Gasteiger charge is 2.22. The molecule has 1 unspecified atom stereocenters. The van der Waals surface area contributed by atoms with Crippen molar-refractivity contribution in [3.05, 3.63) is 28.1 Å². The smallest absolute Gasteiger partial charge is 0.308 e. The summed E-state index contributed by atoms with van der Waals surface area (Å²) in [4.78, 5) is 29.6. The van der Waals surface area contributed by atoms with E-state index < -0.39 is 11.9 Å². The van der Waals surface area contributed by atoms with Crippen LogP contribution < -0.4 is 5.32 Å². The molecule has 0 aliphatic heterocycles. The zero-order valence-electron chi connectivity index (χ0n) is 13.3. The molecule has 0 saturated carbocycles. The fourth-order valence-corrected chi connectivity index (χ4v) is 4.03. The van der Waals surface area contributed by atoms with Gasteiger partial charge in [0.25, 0.3) is 5.91 Å². The highest BCUT2D eigenvalue weighted by atomic mass is 32.1. The van der Waals surface area contributed by atoms with Crippen LogP contribution in [0.1, 0.15) is 35.6 Å². The molecule has 7 heteroatoms. The quantitative estimate of drug-likeness (QED) is 0.797. The van der Waals surface area contributed by atoms with Crippen LogP contribution in [0.2, 0.25) is 0 Å². The number of thiazole rings is 1. The summed E-state index contributed by atoms with van der Waals surface area (Å²) in [5, 5.41) is 14.8. The average molecular weight is 352 g/mol. The maximum atomic E-state index is 12.3. The molecule has 2 aromatic rings. The lowest BCUT2D eigenvalue weighted by molar-refractivity contribution is -0.142. The summed E-state index contributed by atoms with van der Waals surface area (Å²) in [7, 11) is 0. The second kappa shape index (κ2) is 7.70. The fourth-order valence-electron chi connectivity index (χ4n) is 2.25. The Bertz CT molecular complexity index is 678. The number of hydrogen-bond acceptors (Lipinski definition) is 5. The number of rotatable bonds is 7. The molecule has 2 heterocycles. The van der Waals surface area contributed by atoms with Gasteiger partial charge in [0.2, 0.25) is 0 Å². The molecule has 124 valence electrons. The molecule has 0 aliphatic carbocycles. The third-order valence-electron chi connectivity index (χ3n) is 3.35. The zero-order valence-corrected chi connectivity index (χ0v) is 15.0. The Morgan fingerprint density at radius 2 is 2.13 bits per heavy atom. The van der Waals surface area contributed by atoms with Gasteiger partial charge < -0.3 is 10.4 Å². The van der Waals surface area contributed by atoms with Gasteiger partial charge in [-0.1, -0.05) is 19.9 Å². The largest absolute Gasteiger partial charge is 0.481 e. The summed E-state index contributed by atoms with van der Waals surface area (Å²) in [6, 6.07) is 3.91. The molecule has 23 heavy (non-hydrogen) atoms. The van der Waals surface area contributed by atoms with Crippen molar-refractivity contribution in [3.8, 4) is 9.88 Å². The van der Waals surface area contributed by atoms with Crippen LogP contribution >= 0.6 is 22.7 Å². The summed E-state index contributed by atoms with van der Waals surface area (Å²) in [5.74, 6) is -1.43. The molecule has 2 N–H and O–H groups in total. The Labute approximate surface area is 143 Å². The molecule has 1 atom stereocenters. The third-order valence-corrected chi connectivity index (χ3v) is 5.54. The Balaban J connectivity index is 2.04. The van der Waals surface area contributed by atoms with E-state index in [-0.39, 0.29) is 18.4 Å². The minimum absolute atomic E-state index is 0.137. The molecule has 0 radical (unpaired) electrons. The number of thiophene rings is 1. The first kappa shape index (κ1) is 17.6. The number of aliphatic carboxylic acids is 1. The van der Waals surface area contributed by atoms with E-state index in [1.54, 1.807) is 18.3 Å². The normalized spacial score (nSPS) is 12.3. The molecule has 0 fully saturated rings. The summed E-state index contributed by atoms with van der Waals surface area (Å²) in [6.45, 7) is 5.88. The van der Waals surface area contributed by atoms with Gasteiger partial charge in [-0.25, -0.2) is 4.98 Å². The highest BCUT2D eigenvalue weighted by Crippen LogP contribution is 2.31. The van der Waals surface area contributed by atoms with E-state index in [9.17, 15) is 14.7 Å². The van der Waals surface area contributed by atoms with Crippen LogP contribution in [0.5, 0.6) is 0 Å². The molecule has 0 saturated heterocycles. The number of carbonyl (C=O) groups excluding carboxylic acids is 1. The Morgan fingerprint density at radius 3 is 2.70 bits per heavy atom. The first-order valence-corrected chi connectivity index (χ1v) is 9.10. The summed E-state index contributed by atoms with van der Waals surface area (Å²) >= 11 is 2.92. The van der Waals surface area contributed by atoms with Crippen molar-refractivity contribution in [2.24, 2.45) is 11.8 Å². The van der Waals surface area contributed by atoms with Gasteiger partial charge in [0, 0.05) is 6.54 Å². The van der Waals surface area contributed by atoms with Crippen molar-refractivity contribution in [1.29, 1.82) is 0 Å². The van der Waals surface area contributed by atoms with E-state index in [2.05, 4.69) is 10.3 Å². The monoisotopic (exact) mass is 352 g/mol. The van der Waals surface area contributed by atoms with Crippen LogP contribution in [0.4, 0.5) is 0 Å². The number of nitrogens with zero attached hydrogens (tertiary/aromatic N) is 1. The first-order chi connectivity index (χ1) is 10.9. The molecule has 0 aromatic carbocycles. The Hall–Kier alpha value is -1.73. The van der Waals surface area contributed by atoms with Gasteiger partial charge in [0.05, 0.1) is 16.5 Å². The number of aryl methyl sites for hydroxylation is 1. The number of carboxylic acid groups (broad SMARTS) is 1. The fraction of sp³-hybridized carbons (Fsp3) is 0.438. The average Bonchev–Trinajstić information content (AvgIpc) is 3.11. The van der Waals surface area contributed by atoms with Crippen LogP contribution in [0.15, 0.2) is 17.5 Å². The van der Waals surface area contributed by atoms with Gasteiger partial charge in [-0.15, -0.1) is 22.7 Å². The second-order valence-electron chi connectivity index (χ2n) is 5.79. The number of amides is 1. The maximum Gasteiger partial charge on any atom is 0.308 e. The van der Waals surface area contributed by atoms with E-state index in [1.807, 2.05) is 31.4 Å². The second-order valence-corrected chi connectivity index (χ2v) is 7.73. The van der Waals surface area contributed by atoms with Crippen LogP contribution in [-0.4, -0.2) is 28.5 Å². The highest BCUT2D eigenvalue weighted by molar-refractivity contribution is 7.22. The lowest BCUT2D eigenvalue weighted by atomic mass is 9.97. The van der Waals surface area contributed by atoms with Gasteiger partial charge in [-0.2, -0.15) is 0 Å². The molecule has 0 aliphatic rings. The van der Waals surface area contributed by atoms with Crippen LogP contribution in [0.25, 0.3) is 9.88 Å². The van der Waals surface area contributed by atoms with E-state index in [4.69, 9.17) is 0 Å². The Kier molecular flexibility index (Phi) is 5.90. The number of hydrogen-bond donors (Lipinski definition) is 2. The van der Waals surface area contributed by atoms with E-state index >= 15 is 0 Å². The van der Waals surface area contributed by atoms with Crippen LogP contribution in [-0.2, 0) is 4.79 Å².